The largest absolute Gasteiger partial charge is 0.387 e. The number of rotatable bonds is 8. The molecule has 0 spiro atoms. The highest BCUT2D eigenvalue weighted by molar-refractivity contribution is 7.70. The monoisotopic (exact) mass is 572 g/mol. The number of benzene rings is 1. The van der Waals surface area contributed by atoms with E-state index in [1.165, 1.54) is 23.0 Å². The predicted molar refractivity (Wildman–Crippen MR) is 132 cm³/mol. The number of halogens is 1. The first-order valence-electron chi connectivity index (χ1n) is 11.7. The second-order valence-corrected chi connectivity index (χ2v) is 13.5. The highest BCUT2D eigenvalue weighted by atomic mass is 31.2. The second-order valence-electron chi connectivity index (χ2n) is 9.50. The molecule has 13 nitrogen and oxygen atoms in total. The molecule has 1 unspecified atom stereocenters. The number of aryl methyl sites for hydroxylation is 2. The fourth-order valence-corrected chi connectivity index (χ4v) is 7.47. The molecule has 6 N–H and O–H groups in total. The van der Waals surface area contributed by atoms with Crippen molar-refractivity contribution in [3.63, 3.8) is 0 Å². The number of aliphatic hydroxyl groups is 2. The van der Waals surface area contributed by atoms with Gasteiger partial charge in [-0.1, -0.05) is 6.07 Å². The Morgan fingerprint density at radius 1 is 1.21 bits per heavy atom. The number of anilines is 1. The van der Waals surface area contributed by atoms with Crippen molar-refractivity contribution in [2.24, 2.45) is 0 Å². The Morgan fingerprint density at radius 2 is 1.97 bits per heavy atom. The summed E-state index contributed by atoms with van der Waals surface area (Å²) in [5.41, 5.74) is 3.63. The number of aromatic nitrogens is 3. The van der Waals surface area contributed by atoms with Gasteiger partial charge in [-0.2, -0.15) is 5.10 Å². The zero-order valence-corrected chi connectivity index (χ0v) is 21.9. The van der Waals surface area contributed by atoms with Crippen LogP contribution in [0.1, 0.15) is 35.5 Å². The molecule has 0 saturated carbocycles. The molecule has 2 aromatic heterocycles. The Labute approximate surface area is 215 Å². The Morgan fingerprint density at radius 3 is 2.71 bits per heavy atom. The van der Waals surface area contributed by atoms with Gasteiger partial charge in [-0.15, -0.1) is 0 Å². The Balaban J connectivity index is 1.37. The lowest BCUT2D eigenvalue weighted by molar-refractivity contribution is -0.0541. The molecule has 206 valence electrons. The number of aliphatic hydroxyl groups excluding tert-OH is 2. The van der Waals surface area contributed by atoms with E-state index in [9.17, 15) is 28.6 Å². The highest BCUT2D eigenvalue weighted by Gasteiger charge is 2.46. The number of hydrogen-bond donors (Lipinski definition) is 6. The Hall–Kier alpha value is -2.25. The first-order valence-corrected chi connectivity index (χ1v) is 15.3. The number of pyridine rings is 1. The molecule has 3 aromatic rings. The molecule has 1 aliphatic carbocycles. The Kier molecular flexibility index (Phi) is 7.23. The molecule has 0 amide bonds. The van der Waals surface area contributed by atoms with E-state index < -0.39 is 52.2 Å². The van der Waals surface area contributed by atoms with E-state index in [4.69, 9.17) is 19.0 Å². The lowest BCUT2D eigenvalue weighted by Gasteiger charge is -2.19. The molecule has 6 atom stereocenters. The van der Waals surface area contributed by atoms with Crippen molar-refractivity contribution in [2.75, 3.05) is 17.8 Å². The second kappa shape index (κ2) is 10.1. The van der Waals surface area contributed by atoms with E-state index in [1.54, 1.807) is 13.0 Å². The van der Waals surface area contributed by atoms with Crippen molar-refractivity contribution < 1.29 is 47.7 Å². The normalized spacial score (nSPS) is 27.0. The number of nitrogens with zero attached hydrogens (tertiary/aromatic N) is 3. The summed E-state index contributed by atoms with van der Waals surface area (Å²) in [6.07, 6.45) is -2.55. The van der Waals surface area contributed by atoms with Crippen molar-refractivity contribution >= 4 is 31.9 Å². The summed E-state index contributed by atoms with van der Waals surface area (Å²) in [4.78, 5) is 32.1. The minimum absolute atomic E-state index is 0.0575. The van der Waals surface area contributed by atoms with Crippen LogP contribution in [-0.4, -0.2) is 70.5 Å². The van der Waals surface area contributed by atoms with Crippen LogP contribution in [0.2, 0.25) is 0 Å². The van der Waals surface area contributed by atoms with Crippen LogP contribution in [-0.2, 0) is 24.8 Å². The van der Waals surface area contributed by atoms with E-state index >= 15 is 0 Å². The van der Waals surface area contributed by atoms with Gasteiger partial charge in [-0.3, -0.25) is 9.13 Å². The quantitative estimate of drug-likeness (QED) is 0.215. The van der Waals surface area contributed by atoms with Crippen molar-refractivity contribution in [1.29, 1.82) is 0 Å². The molecule has 0 bridgehead atoms. The molecule has 38 heavy (non-hydrogen) atoms. The van der Waals surface area contributed by atoms with Crippen molar-refractivity contribution in [3.05, 3.63) is 53.1 Å². The van der Waals surface area contributed by atoms with Gasteiger partial charge in [-0.25, -0.2) is 14.1 Å². The van der Waals surface area contributed by atoms with Gasteiger partial charge in [0.1, 0.15) is 24.1 Å². The molecule has 1 aromatic carbocycles. The van der Waals surface area contributed by atoms with Crippen LogP contribution in [0.25, 0.3) is 11.0 Å². The summed E-state index contributed by atoms with van der Waals surface area (Å²) in [7, 11) is -9.52. The third-order valence-electron chi connectivity index (χ3n) is 6.59. The summed E-state index contributed by atoms with van der Waals surface area (Å²) in [5, 5.41) is 29.5. The smallest absolute Gasteiger partial charge is 0.340 e. The lowest BCUT2D eigenvalue weighted by atomic mass is 10.1. The van der Waals surface area contributed by atoms with Gasteiger partial charge in [0.15, 0.2) is 17.8 Å². The molecule has 1 saturated heterocycles. The van der Waals surface area contributed by atoms with Gasteiger partial charge in [0, 0.05) is 11.4 Å². The van der Waals surface area contributed by atoms with Crippen LogP contribution in [0, 0.1) is 12.7 Å². The van der Waals surface area contributed by atoms with E-state index in [1.807, 2.05) is 6.07 Å². The van der Waals surface area contributed by atoms with Crippen LogP contribution in [0.15, 0.2) is 30.5 Å². The SMILES string of the molecule is Cc1cc(N[C@@H]2CCc3cc(F)ccc32)c2cnn([C@@H]3O[C@H](COP(=O)(O)CP(=O)(O)O)[C@@H](O)[C@H]3O)c2n1. The van der Waals surface area contributed by atoms with Crippen LogP contribution in [0.3, 0.4) is 0 Å². The van der Waals surface area contributed by atoms with Crippen molar-refractivity contribution in [1.82, 2.24) is 14.8 Å². The standard InChI is InChI=1S/C22H27FN4O9P2/c1-11-6-17(26-16-5-2-12-7-13(23)3-4-14(12)16)15-8-24-27(21(15)25-11)22-20(29)19(28)18(36-22)9-35-38(33,34)10-37(30,31)32/h3-4,6-8,16,18-20,22,28-29H,2,5,9-10H2,1H3,(H,25,26)(H,33,34)(H2,30,31,32)/t16-,18-,19-,20-,22-/m1/s1. The fourth-order valence-electron chi connectivity index (χ4n) is 4.90. The van der Waals surface area contributed by atoms with Crippen LogP contribution >= 0.6 is 15.2 Å². The third-order valence-corrected chi connectivity index (χ3v) is 10.0. The molecule has 16 heteroatoms. The van der Waals surface area contributed by atoms with E-state index in [0.717, 1.165) is 24.0 Å². The third kappa shape index (κ3) is 5.55. The number of ether oxygens (including phenoxy) is 1. The summed E-state index contributed by atoms with van der Waals surface area (Å²) >= 11 is 0. The van der Waals surface area contributed by atoms with Crippen molar-refractivity contribution in [2.45, 2.75) is 50.3 Å². The maximum Gasteiger partial charge on any atom is 0.340 e. The highest BCUT2D eigenvalue weighted by Crippen LogP contribution is 2.55. The average molecular weight is 572 g/mol. The number of fused-ring (bicyclic) bond motifs is 2. The Bertz CT molecular complexity index is 1460. The van der Waals surface area contributed by atoms with E-state index in [-0.39, 0.29) is 11.9 Å². The molecular formula is C22H27FN4O9P2. The summed E-state index contributed by atoms with van der Waals surface area (Å²) in [6.45, 7) is 1.07. The molecular weight excluding hydrogens is 545 g/mol. The summed E-state index contributed by atoms with van der Waals surface area (Å²) in [6, 6.07) is 6.51. The molecule has 1 fully saturated rings. The molecule has 2 aliphatic rings. The maximum atomic E-state index is 13.6. The molecule has 1 aliphatic heterocycles. The van der Waals surface area contributed by atoms with Crippen molar-refractivity contribution in [3.8, 4) is 0 Å². The first-order chi connectivity index (χ1) is 17.8. The average Bonchev–Trinajstić information content (AvgIpc) is 3.47. The zero-order valence-electron chi connectivity index (χ0n) is 20.1. The lowest BCUT2D eigenvalue weighted by Crippen LogP contribution is -2.33. The molecule has 0 radical (unpaired) electrons. The van der Waals surface area contributed by atoms with Gasteiger partial charge in [0.05, 0.1) is 24.2 Å². The summed E-state index contributed by atoms with van der Waals surface area (Å²) < 4.78 is 48.4. The van der Waals surface area contributed by atoms with Gasteiger partial charge in [-0.05, 0) is 49.1 Å². The van der Waals surface area contributed by atoms with Crippen LogP contribution in [0.4, 0.5) is 10.1 Å². The van der Waals surface area contributed by atoms with Gasteiger partial charge in [0.2, 0.25) is 0 Å². The summed E-state index contributed by atoms with van der Waals surface area (Å²) in [5.74, 6) is -1.67. The van der Waals surface area contributed by atoms with Crippen LogP contribution in [0.5, 0.6) is 0 Å². The fraction of sp³-hybridized carbons (Fsp3) is 0.455. The van der Waals surface area contributed by atoms with Gasteiger partial charge >= 0.3 is 15.2 Å². The predicted octanol–water partition coefficient (Wildman–Crippen LogP) is 1.93. The topological polar surface area (TPSA) is 196 Å². The zero-order chi connectivity index (χ0) is 27.4. The van der Waals surface area contributed by atoms with Gasteiger partial charge < -0.3 is 39.5 Å². The van der Waals surface area contributed by atoms with E-state index in [0.29, 0.717) is 22.4 Å². The number of hydrogen-bond acceptors (Lipinski definition) is 9. The minimum Gasteiger partial charge on any atom is -0.387 e. The molecule has 5 rings (SSSR count). The maximum absolute atomic E-state index is 13.6. The van der Waals surface area contributed by atoms with E-state index in [2.05, 4.69) is 15.4 Å². The molecule has 3 heterocycles. The van der Waals surface area contributed by atoms with Crippen LogP contribution < -0.4 is 5.32 Å². The number of nitrogens with one attached hydrogen (secondary N) is 1. The van der Waals surface area contributed by atoms with Gasteiger partial charge in [0.25, 0.3) is 0 Å². The first kappa shape index (κ1) is 27.3. The minimum atomic E-state index is -4.83.